The number of hydrogen-bond acceptors (Lipinski definition) is 2. The minimum absolute atomic E-state index is 0.117. The van der Waals surface area contributed by atoms with E-state index in [-0.39, 0.29) is 12.5 Å². The Bertz CT molecular complexity index is 611. The summed E-state index contributed by atoms with van der Waals surface area (Å²) in [6.45, 7) is 0.810. The van der Waals surface area contributed by atoms with Gasteiger partial charge in [-0.05, 0) is 17.7 Å². The highest BCUT2D eigenvalue weighted by molar-refractivity contribution is 5.94. The molecule has 0 bridgehead atoms. The molecule has 0 heterocycles. The van der Waals surface area contributed by atoms with Crippen LogP contribution in [0.1, 0.15) is 5.56 Å². The number of rotatable bonds is 5. The van der Waals surface area contributed by atoms with Gasteiger partial charge in [0.15, 0.2) is 5.96 Å². The number of nitrogens with zero attached hydrogens (tertiary/aromatic N) is 1. The predicted octanol–water partition coefficient (Wildman–Crippen LogP) is 1.99. The van der Waals surface area contributed by atoms with Crippen LogP contribution < -0.4 is 16.0 Å². The molecule has 0 saturated heterocycles. The number of carbonyl (C=O) groups excluding carboxylic acids is 1. The molecule has 0 fully saturated rings. The molecule has 5 nitrogen and oxygen atoms in total. The third-order valence-electron chi connectivity index (χ3n) is 3.00. The average Bonchev–Trinajstić information content (AvgIpc) is 2.57. The number of anilines is 1. The van der Waals surface area contributed by atoms with E-state index in [2.05, 4.69) is 20.9 Å². The molecule has 0 spiro atoms. The molecule has 114 valence electrons. The fraction of sp³-hybridized carbons (Fsp3) is 0.176. The third-order valence-corrected chi connectivity index (χ3v) is 3.00. The van der Waals surface area contributed by atoms with E-state index in [1.165, 1.54) is 0 Å². The molecule has 0 saturated carbocycles. The number of amides is 1. The molecule has 0 radical (unpaired) electrons. The molecule has 0 aliphatic heterocycles. The minimum Gasteiger partial charge on any atom is -0.352 e. The standard InChI is InChI=1S/C17H20N4O/c1-18-17(19-12-14-8-4-2-5-9-14)20-13-16(22)21-15-10-6-3-7-11-15/h2-11H,12-13H2,1H3,(H,21,22)(H2,18,19,20). The molecule has 0 aliphatic carbocycles. The van der Waals surface area contributed by atoms with Gasteiger partial charge < -0.3 is 16.0 Å². The van der Waals surface area contributed by atoms with E-state index >= 15 is 0 Å². The van der Waals surface area contributed by atoms with Crippen LogP contribution in [0.2, 0.25) is 0 Å². The Labute approximate surface area is 130 Å². The number of benzene rings is 2. The summed E-state index contributed by atoms with van der Waals surface area (Å²) in [5, 5.41) is 8.96. The number of nitrogens with one attached hydrogen (secondary N) is 3. The van der Waals surface area contributed by atoms with Gasteiger partial charge >= 0.3 is 0 Å². The highest BCUT2D eigenvalue weighted by Crippen LogP contribution is 2.03. The number of guanidine groups is 1. The molecule has 22 heavy (non-hydrogen) atoms. The van der Waals surface area contributed by atoms with Crippen LogP contribution in [0, 0.1) is 0 Å². The average molecular weight is 296 g/mol. The van der Waals surface area contributed by atoms with E-state index in [0.29, 0.717) is 12.5 Å². The minimum atomic E-state index is -0.117. The molecule has 0 aliphatic rings. The van der Waals surface area contributed by atoms with Crippen LogP contribution in [0.5, 0.6) is 0 Å². The smallest absolute Gasteiger partial charge is 0.243 e. The van der Waals surface area contributed by atoms with Crippen molar-refractivity contribution in [1.29, 1.82) is 0 Å². The Kier molecular flexibility index (Phi) is 5.99. The largest absolute Gasteiger partial charge is 0.352 e. The van der Waals surface area contributed by atoms with Crippen molar-refractivity contribution >= 4 is 17.6 Å². The number of carbonyl (C=O) groups is 1. The van der Waals surface area contributed by atoms with E-state index < -0.39 is 0 Å². The van der Waals surface area contributed by atoms with Gasteiger partial charge in [0.1, 0.15) is 0 Å². The second kappa shape index (κ2) is 8.46. The maximum atomic E-state index is 11.9. The Hall–Kier alpha value is -2.82. The van der Waals surface area contributed by atoms with Crippen molar-refractivity contribution in [3.05, 3.63) is 66.2 Å². The molecular formula is C17H20N4O. The summed E-state index contributed by atoms with van der Waals surface area (Å²) < 4.78 is 0. The van der Waals surface area contributed by atoms with Gasteiger partial charge in [-0.2, -0.15) is 0 Å². The molecule has 2 rings (SSSR count). The van der Waals surface area contributed by atoms with Crippen LogP contribution in [-0.2, 0) is 11.3 Å². The van der Waals surface area contributed by atoms with Gasteiger partial charge in [-0.1, -0.05) is 48.5 Å². The lowest BCUT2D eigenvalue weighted by Crippen LogP contribution is -2.41. The SMILES string of the molecule is CN=C(NCC(=O)Nc1ccccc1)NCc1ccccc1. The van der Waals surface area contributed by atoms with Gasteiger partial charge in [-0.15, -0.1) is 0 Å². The molecule has 3 N–H and O–H groups in total. The number of hydrogen-bond donors (Lipinski definition) is 3. The van der Waals surface area contributed by atoms with Crippen molar-refractivity contribution in [3.63, 3.8) is 0 Å². The van der Waals surface area contributed by atoms with Crippen molar-refractivity contribution in [2.24, 2.45) is 4.99 Å². The Morgan fingerprint density at radius 1 is 0.955 bits per heavy atom. The fourth-order valence-corrected chi connectivity index (χ4v) is 1.89. The fourth-order valence-electron chi connectivity index (χ4n) is 1.89. The zero-order chi connectivity index (χ0) is 15.6. The van der Waals surface area contributed by atoms with Gasteiger partial charge in [0.2, 0.25) is 5.91 Å². The first-order valence-corrected chi connectivity index (χ1v) is 7.11. The van der Waals surface area contributed by atoms with Crippen LogP contribution in [0.4, 0.5) is 5.69 Å². The van der Waals surface area contributed by atoms with Crippen LogP contribution in [0.3, 0.4) is 0 Å². The first-order valence-electron chi connectivity index (χ1n) is 7.11. The second-order valence-corrected chi connectivity index (χ2v) is 4.68. The Morgan fingerprint density at radius 3 is 2.23 bits per heavy atom. The monoisotopic (exact) mass is 296 g/mol. The lowest BCUT2D eigenvalue weighted by Gasteiger charge is -2.12. The summed E-state index contributed by atoms with van der Waals surface area (Å²) >= 11 is 0. The topological polar surface area (TPSA) is 65.5 Å². The van der Waals surface area contributed by atoms with Crippen molar-refractivity contribution in [2.75, 3.05) is 18.9 Å². The quantitative estimate of drug-likeness (QED) is 0.584. The Morgan fingerprint density at radius 2 is 1.59 bits per heavy atom. The third kappa shape index (κ3) is 5.28. The van der Waals surface area contributed by atoms with Crippen molar-refractivity contribution in [1.82, 2.24) is 10.6 Å². The van der Waals surface area contributed by atoms with Gasteiger partial charge in [-0.25, -0.2) is 0 Å². The molecule has 2 aromatic rings. The first-order chi connectivity index (χ1) is 10.8. The molecule has 0 unspecified atom stereocenters. The van der Waals surface area contributed by atoms with E-state index in [4.69, 9.17) is 0 Å². The Balaban J connectivity index is 1.75. The molecule has 0 aromatic heterocycles. The zero-order valence-electron chi connectivity index (χ0n) is 12.5. The van der Waals surface area contributed by atoms with Crippen LogP contribution in [0.25, 0.3) is 0 Å². The second-order valence-electron chi connectivity index (χ2n) is 4.68. The highest BCUT2D eigenvalue weighted by atomic mass is 16.1. The summed E-state index contributed by atoms with van der Waals surface area (Å²) in [5.74, 6) is 0.473. The van der Waals surface area contributed by atoms with Crippen LogP contribution in [0.15, 0.2) is 65.7 Å². The summed E-state index contributed by atoms with van der Waals surface area (Å²) in [5.41, 5.74) is 1.93. The number of para-hydroxylation sites is 1. The zero-order valence-corrected chi connectivity index (χ0v) is 12.5. The summed E-state index contributed by atoms with van der Waals surface area (Å²) in [7, 11) is 1.68. The maximum Gasteiger partial charge on any atom is 0.243 e. The van der Waals surface area contributed by atoms with E-state index in [1.807, 2.05) is 60.7 Å². The molecule has 5 heteroatoms. The van der Waals surface area contributed by atoms with Gasteiger partial charge in [0.25, 0.3) is 0 Å². The number of aliphatic imine (C=N–C) groups is 1. The van der Waals surface area contributed by atoms with Crippen molar-refractivity contribution in [3.8, 4) is 0 Å². The van der Waals surface area contributed by atoms with Crippen LogP contribution >= 0.6 is 0 Å². The molecule has 2 aromatic carbocycles. The lowest BCUT2D eigenvalue weighted by molar-refractivity contribution is -0.115. The molecule has 1 amide bonds. The highest BCUT2D eigenvalue weighted by Gasteiger charge is 2.04. The van der Waals surface area contributed by atoms with Gasteiger partial charge in [-0.3, -0.25) is 9.79 Å². The summed E-state index contributed by atoms with van der Waals surface area (Å²) in [6, 6.07) is 19.4. The van der Waals surface area contributed by atoms with E-state index in [0.717, 1.165) is 11.3 Å². The van der Waals surface area contributed by atoms with Gasteiger partial charge in [0.05, 0.1) is 6.54 Å². The molecule has 0 atom stereocenters. The summed E-state index contributed by atoms with van der Waals surface area (Å²) in [6.07, 6.45) is 0. The first kappa shape index (κ1) is 15.6. The predicted molar refractivity (Wildman–Crippen MR) is 89.7 cm³/mol. The summed E-state index contributed by atoms with van der Waals surface area (Å²) in [4.78, 5) is 15.9. The van der Waals surface area contributed by atoms with E-state index in [9.17, 15) is 4.79 Å². The lowest BCUT2D eigenvalue weighted by atomic mass is 10.2. The van der Waals surface area contributed by atoms with Crippen LogP contribution in [-0.4, -0.2) is 25.5 Å². The maximum absolute atomic E-state index is 11.9. The van der Waals surface area contributed by atoms with Crippen molar-refractivity contribution < 1.29 is 4.79 Å². The van der Waals surface area contributed by atoms with Crippen molar-refractivity contribution in [2.45, 2.75) is 6.54 Å². The van der Waals surface area contributed by atoms with E-state index in [1.54, 1.807) is 7.05 Å². The molecular weight excluding hydrogens is 276 g/mol. The van der Waals surface area contributed by atoms with Gasteiger partial charge in [0, 0.05) is 19.3 Å². The normalized spacial score (nSPS) is 10.9.